The van der Waals surface area contributed by atoms with Gasteiger partial charge in [0, 0.05) is 5.69 Å². The SMILES string of the molecule is Cc1ncc2c(Nc3ccccc3)nc3ccccc3n12. The second-order valence-electron chi connectivity index (χ2n) is 4.97. The lowest BCUT2D eigenvalue weighted by atomic mass is 10.3. The monoisotopic (exact) mass is 274 g/mol. The average molecular weight is 274 g/mol. The Morgan fingerprint density at radius 2 is 1.67 bits per heavy atom. The molecule has 0 amide bonds. The molecule has 21 heavy (non-hydrogen) atoms. The first-order valence-electron chi connectivity index (χ1n) is 6.88. The molecule has 0 saturated carbocycles. The van der Waals surface area contributed by atoms with Crippen LogP contribution in [0.25, 0.3) is 16.6 Å². The van der Waals surface area contributed by atoms with E-state index in [-0.39, 0.29) is 0 Å². The predicted molar refractivity (Wildman–Crippen MR) is 85.0 cm³/mol. The van der Waals surface area contributed by atoms with Crippen LogP contribution < -0.4 is 5.32 Å². The van der Waals surface area contributed by atoms with Crippen LogP contribution in [0.15, 0.2) is 60.8 Å². The number of imidazole rings is 1. The Balaban J connectivity index is 1.99. The zero-order valence-corrected chi connectivity index (χ0v) is 11.6. The topological polar surface area (TPSA) is 42.2 Å². The molecule has 4 rings (SSSR count). The number of hydrogen-bond acceptors (Lipinski definition) is 3. The minimum absolute atomic E-state index is 0.820. The Bertz CT molecular complexity index is 925. The van der Waals surface area contributed by atoms with E-state index in [1.54, 1.807) is 0 Å². The lowest BCUT2D eigenvalue weighted by Gasteiger charge is -2.10. The summed E-state index contributed by atoms with van der Waals surface area (Å²) in [6, 6.07) is 18.2. The zero-order chi connectivity index (χ0) is 14.2. The maximum atomic E-state index is 4.74. The number of anilines is 2. The van der Waals surface area contributed by atoms with Crippen LogP contribution in [0.3, 0.4) is 0 Å². The summed E-state index contributed by atoms with van der Waals surface area (Å²) in [7, 11) is 0. The predicted octanol–water partition coefficient (Wildman–Crippen LogP) is 3.93. The van der Waals surface area contributed by atoms with Crippen LogP contribution >= 0.6 is 0 Å². The van der Waals surface area contributed by atoms with Crippen LogP contribution in [0.2, 0.25) is 0 Å². The molecule has 4 aromatic rings. The van der Waals surface area contributed by atoms with Crippen LogP contribution in [-0.2, 0) is 0 Å². The highest BCUT2D eigenvalue weighted by Gasteiger charge is 2.10. The number of aromatic nitrogens is 3. The van der Waals surface area contributed by atoms with Crippen molar-refractivity contribution >= 4 is 28.1 Å². The van der Waals surface area contributed by atoms with Gasteiger partial charge in [-0.15, -0.1) is 0 Å². The Morgan fingerprint density at radius 1 is 0.905 bits per heavy atom. The summed E-state index contributed by atoms with van der Waals surface area (Å²) in [5.41, 5.74) is 4.02. The molecule has 0 aliphatic carbocycles. The molecule has 0 aliphatic heterocycles. The fourth-order valence-corrected chi connectivity index (χ4v) is 2.59. The van der Waals surface area contributed by atoms with Crippen LogP contribution in [-0.4, -0.2) is 14.4 Å². The summed E-state index contributed by atoms with van der Waals surface area (Å²) in [6.07, 6.45) is 1.86. The van der Waals surface area contributed by atoms with Gasteiger partial charge in [0.15, 0.2) is 5.82 Å². The number of rotatable bonds is 2. The molecule has 2 heterocycles. The van der Waals surface area contributed by atoms with Gasteiger partial charge in [-0.2, -0.15) is 0 Å². The summed E-state index contributed by atoms with van der Waals surface area (Å²) in [5, 5.41) is 3.38. The van der Waals surface area contributed by atoms with Gasteiger partial charge < -0.3 is 5.32 Å². The molecule has 2 aromatic carbocycles. The van der Waals surface area contributed by atoms with Crippen molar-refractivity contribution < 1.29 is 0 Å². The number of fused-ring (bicyclic) bond motifs is 3. The smallest absolute Gasteiger partial charge is 0.157 e. The van der Waals surface area contributed by atoms with Gasteiger partial charge in [-0.25, -0.2) is 9.97 Å². The summed E-state index contributed by atoms with van der Waals surface area (Å²) in [4.78, 5) is 9.17. The van der Waals surface area contributed by atoms with Crippen LogP contribution in [0.4, 0.5) is 11.5 Å². The molecule has 0 saturated heterocycles. The number of para-hydroxylation sites is 3. The standard InChI is InChI=1S/C17H14N4/c1-12-18-11-16-17(19-13-7-3-2-4-8-13)20-14-9-5-6-10-15(14)21(12)16/h2-11H,1H3,(H,19,20). The largest absolute Gasteiger partial charge is 0.338 e. The quantitative estimate of drug-likeness (QED) is 0.602. The third-order valence-electron chi connectivity index (χ3n) is 3.57. The highest BCUT2D eigenvalue weighted by molar-refractivity contribution is 5.86. The summed E-state index contributed by atoms with van der Waals surface area (Å²) in [6.45, 7) is 2.01. The summed E-state index contributed by atoms with van der Waals surface area (Å²) >= 11 is 0. The molecular formula is C17H14N4. The number of benzene rings is 2. The van der Waals surface area contributed by atoms with E-state index in [1.807, 2.05) is 61.7 Å². The third kappa shape index (κ3) is 1.92. The number of aryl methyl sites for hydroxylation is 1. The fourth-order valence-electron chi connectivity index (χ4n) is 2.59. The van der Waals surface area contributed by atoms with Crippen molar-refractivity contribution in [3.63, 3.8) is 0 Å². The number of hydrogen-bond donors (Lipinski definition) is 1. The second-order valence-corrected chi connectivity index (χ2v) is 4.97. The van der Waals surface area contributed by atoms with Gasteiger partial charge in [0.05, 0.1) is 17.2 Å². The van der Waals surface area contributed by atoms with Gasteiger partial charge in [-0.3, -0.25) is 4.40 Å². The lowest BCUT2D eigenvalue weighted by Crippen LogP contribution is -2.00. The molecule has 0 atom stereocenters. The van der Waals surface area contributed by atoms with Crippen LogP contribution in [0.1, 0.15) is 5.82 Å². The minimum atomic E-state index is 0.820. The third-order valence-corrected chi connectivity index (χ3v) is 3.57. The highest BCUT2D eigenvalue weighted by atomic mass is 15.1. The van der Waals surface area contributed by atoms with Crippen molar-refractivity contribution in [2.45, 2.75) is 6.92 Å². The fraction of sp³-hybridized carbons (Fsp3) is 0.0588. The van der Waals surface area contributed by atoms with E-state index in [2.05, 4.69) is 20.8 Å². The van der Waals surface area contributed by atoms with E-state index >= 15 is 0 Å². The number of nitrogens with zero attached hydrogens (tertiary/aromatic N) is 3. The van der Waals surface area contributed by atoms with E-state index in [4.69, 9.17) is 4.98 Å². The van der Waals surface area contributed by atoms with Crippen molar-refractivity contribution in [1.82, 2.24) is 14.4 Å². The van der Waals surface area contributed by atoms with Gasteiger partial charge in [-0.05, 0) is 31.2 Å². The Labute approximate surface area is 122 Å². The summed E-state index contributed by atoms with van der Waals surface area (Å²) in [5.74, 6) is 1.78. The molecule has 4 nitrogen and oxygen atoms in total. The van der Waals surface area contributed by atoms with Gasteiger partial charge in [0.2, 0.25) is 0 Å². The van der Waals surface area contributed by atoms with Crippen molar-refractivity contribution in [3.8, 4) is 0 Å². The van der Waals surface area contributed by atoms with Gasteiger partial charge in [0.25, 0.3) is 0 Å². The molecule has 0 radical (unpaired) electrons. The van der Waals surface area contributed by atoms with E-state index in [1.165, 1.54) is 0 Å². The van der Waals surface area contributed by atoms with Crippen molar-refractivity contribution in [1.29, 1.82) is 0 Å². The first kappa shape index (κ1) is 11.9. The molecule has 4 heteroatoms. The molecule has 0 fully saturated rings. The first-order valence-corrected chi connectivity index (χ1v) is 6.88. The number of nitrogens with one attached hydrogen (secondary N) is 1. The van der Waals surface area contributed by atoms with Crippen molar-refractivity contribution in [2.24, 2.45) is 0 Å². The lowest BCUT2D eigenvalue weighted by molar-refractivity contribution is 1.07. The normalized spacial score (nSPS) is 11.1. The van der Waals surface area contributed by atoms with Gasteiger partial charge in [0.1, 0.15) is 11.3 Å². The van der Waals surface area contributed by atoms with E-state index in [9.17, 15) is 0 Å². The molecule has 102 valence electrons. The molecule has 2 aromatic heterocycles. The summed E-state index contributed by atoms with van der Waals surface area (Å²) < 4.78 is 2.13. The van der Waals surface area contributed by atoms with E-state index < -0.39 is 0 Å². The van der Waals surface area contributed by atoms with Gasteiger partial charge >= 0.3 is 0 Å². The van der Waals surface area contributed by atoms with Crippen LogP contribution in [0, 0.1) is 6.92 Å². The molecule has 0 spiro atoms. The van der Waals surface area contributed by atoms with Crippen molar-refractivity contribution in [2.75, 3.05) is 5.32 Å². The Hall–Kier alpha value is -2.88. The second kappa shape index (κ2) is 4.59. The molecule has 1 N–H and O–H groups in total. The van der Waals surface area contributed by atoms with E-state index in [0.29, 0.717) is 0 Å². The van der Waals surface area contributed by atoms with E-state index in [0.717, 1.165) is 33.9 Å². The highest BCUT2D eigenvalue weighted by Crippen LogP contribution is 2.25. The molecule has 0 unspecified atom stereocenters. The molecular weight excluding hydrogens is 260 g/mol. The Morgan fingerprint density at radius 3 is 2.52 bits per heavy atom. The zero-order valence-electron chi connectivity index (χ0n) is 11.6. The Kier molecular flexibility index (Phi) is 2.60. The minimum Gasteiger partial charge on any atom is -0.338 e. The molecule has 0 aliphatic rings. The molecule has 0 bridgehead atoms. The first-order chi connectivity index (χ1) is 10.3. The maximum absolute atomic E-state index is 4.74. The van der Waals surface area contributed by atoms with Gasteiger partial charge in [-0.1, -0.05) is 30.3 Å². The maximum Gasteiger partial charge on any atom is 0.157 e. The van der Waals surface area contributed by atoms with Crippen LogP contribution in [0.5, 0.6) is 0 Å². The van der Waals surface area contributed by atoms with Crippen molar-refractivity contribution in [3.05, 3.63) is 66.6 Å². The average Bonchev–Trinajstić information content (AvgIpc) is 2.91.